The van der Waals surface area contributed by atoms with Crippen LogP contribution >= 0.6 is 0 Å². The molecule has 2 nitrogen and oxygen atoms in total. The number of nitrogens with zero attached hydrogens (tertiary/aromatic N) is 1. The van der Waals surface area contributed by atoms with Crippen LogP contribution < -0.4 is 5.32 Å². The molecule has 0 aromatic carbocycles. The number of alkyl halides is 3. The third kappa shape index (κ3) is 4.18. The Balaban J connectivity index is 2.64. The van der Waals surface area contributed by atoms with E-state index in [1.807, 2.05) is 6.92 Å². The molecule has 1 heterocycles. The number of halogens is 3. The van der Waals surface area contributed by atoms with Gasteiger partial charge in [-0.15, -0.1) is 0 Å². The molecule has 1 unspecified atom stereocenters. The first-order valence-electron chi connectivity index (χ1n) is 5.24. The molecule has 0 aliphatic carbocycles. The molecule has 0 saturated heterocycles. The lowest BCUT2D eigenvalue weighted by molar-refractivity contribution is -0.155. The summed E-state index contributed by atoms with van der Waals surface area (Å²) in [6, 6.07) is 3.47. The zero-order valence-corrected chi connectivity index (χ0v) is 9.09. The monoisotopic (exact) mass is 232 g/mol. The summed E-state index contributed by atoms with van der Waals surface area (Å²) in [5.41, 5.74) is 0.452. The number of rotatable bonds is 5. The van der Waals surface area contributed by atoms with Gasteiger partial charge in [-0.1, -0.05) is 13.0 Å². The van der Waals surface area contributed by atoms with Gasteiger partial charge in [0.2, 0.25) is 0 Å². The molecule has 1 rings (SSSR count). The molecule has 1 aromatic heterocycles. The fourth-order valence-electron chi connectivity index (χ4n) is 1.35. The summed E-state index contributed by atoms with van der Waals surface area (Å²) in [5, 5.41) is 2.49. The molecule has 0 bridgehead atoms. The van der Waals surface area contributed by atoms with E-state index in [-0.39, 0.29) is 6.42 Å². The Morgan fingerprint density at radius 3 is 2.62 bits per heavy atom. The zero-order chi connectivity index (χ0) is 12.0. The first-order valence-corrected chi connectivity index (χ1v) is 5.24. The summed E-state index contributed by atoms with van der Waals surface area (Å²) in [5.74, 6) is 0. The molecule has 1 atom stereocenters. The summed E-state index contributed by atoms with van der Waals surface area (Å²) in [4.78, 5) is 3.90. The van der Waals surface area contributed by atoms with Crippen molar-refractivity contribution in [3.63, 3.8) is 0 Å². The standard InChI is InChI=1S/C11H15F3N2/c1-2-6-16-10(11(12,13)14)8-9-5-3-4-7-15-9/h3-5,7,10,16H,2,6,8H2,1H3. The van der Waals surface area contributed by atoms with E-state index in [4.69, 9.17) is 0 Å². The summed E-state index contributed by atoms with van der Waals surface area (Å²) in [6.07, 6.45) is -2.17. The molecule has 0 saturated carbocycles. The first kappa shape index (κ1) is 13.0. The summed E-state index contributed by atoms with van der Waals surface area (Å²) in [7, 11) is 0. The third-order valence-corrected chi connectivity index (χ3v) is 2.18. The van der Waals surface area contributed by atoms with E-state index < -0.39 is 12.2 Å². The van der Waals surface area contributed by atoms with Crippen molar-refractivity contribution in [3.05, 3.63) is 30.1 Å². The number of pyridine rings is 1. The molecular weight excluding hydrogens is 217 g/mol. The molecule has 0 radical (unpaired) electrons. The minimum atomic E-state index is -4.23. The number of aromatic nitrogens is 1. The lowest BCUT2D eigenvalue weighted by Gasteiger charge is -2.21. The van der Waals surface area contributed by atoms with Crippen LogP contribution in [0.2, 0.25) is 0 Å². The normalized spacial score (nSPS) is 13.8. The summed E-state index contributed by atoms with van der Waals surface area (Å²) in [6.45, 7) is 2.19. The lowest BCUT2D eigenvalue weighted by atomic mass is 10.1. The highest BCUT2D eigenvalue weighted by Crippen LogP contribution is 2.22. The van der Waals surface area contributed by atoms with E-state index in [1.165, 1.54) is 6.20 Å². The van der Waals surface area contributed by atoms with Crippen LogP contribution in [0.5, 0.6) is 0 Å². The molecule has 1 aromatic rings. The Morgan fingerprint density at radius 1 is 1.38 bits per heavy atom. The predicted octanol–water partition coefficient (Wildman–Crippen LogP) is 2.55. The van der Waals surface area contributed by atoms with Crippen molar-refractivity contribution in [2.24, 2.45) is 0 Å². The highest BCUT2D eigenvalue weighted by Gasteiger charge is 2.39. The molecule has 0 fully saturated rings. The molecule has 0 amide bonds. The molecule has 5 heteroatoms. The highest BCUT2D eigenvalue weighted by atomic mass is 19.4. The van der Waals surface area contributed by atoms with Gasteiger partial charge >= 0.3 is 6.18 Å². The van der Waals surface area contributed by atoms with Gasteiger partial charge in [0, 0.05) is 18.3 Å². The van der Waals surface area contributed by atoms with Crippen LogP contribution in [-0.4, -0.2) is 23.7 Å². The van der Waals surface area contributed by atoms with Crippen molar-refractivity contribution in [2.45, 2.75) is 32.0 Å². The Morgan fingerprint density at radius 2 is 2.12 bits per heavy atom. The Bertz CT molecular complexity index is 298. The SMILES string of the molecule is CCCNC(Cc1ccccn1)C(F)(F)F. The van der Waals surface area contributed by atoms with Crippen LogP contribution in [0.4, 0.5) is 13.2 Å². The quantitative estimate of drug-likeness (QED) is 0.843. The van der Waals surface area contributed by atoms with Crippen LogP contribution in [0.15, 0.2) is 24.4 Å². The van der Waals surface area contributed by atoms with Crippen LogP contribution in [-0.2, 0) is 6.42 Å². The third-order valence-electron chi connectivity index (χ3n) is 2.18. The molecule has 0 aliphatic rings. The highest BCUT2D eigenvalue weighted by molar-refractivity contribution is 5.06. The maximum atomic E-state index is 12.6. The number of hydrogen-bond donors (Lipinski definition) is 1. The van der Waals surface area contributed by atoms with E-state index in [1.54, 1.807) is 18.2 Å². The molecule has 16 heavy (non-hydrogen) atoms. The van der Waals surface area contributed by atoms with Gasteiger partial charge in [-0.25, -0.2) is 0 Å². The van der Waals surface area contributed by atoms with Gasteiger partial charge in [0.15, 0.2) is 0 Å². The van der Waals surface area contributed by atoms with Crippen molar-refractivity contribution in [2.75, 3.05) is 6.54 Å². The molecule has 0 aliphatic heterocycles. The van der Waals surface area contributed by atoms with Gasteiger partial charge in [-0.3, -0.25) is 4.98 Å². The van der Waals surface area contributed by atoms with Crippen molar-refractivity contribution >= 4 is 0 Å². The second-order valence-corrected chi connectivity index (χ2v) is 3.57. The van der Waals surface area contributed by atoms with Crippen molar-refractivity contribution in [1.29, 1.82) is 0 Å². The van der Waals surface area contributed by atoms with Gasteiger partial charge < -0.3 is 5.32 Å². The molecule has 1 N–H and O–H groups in total. The maximum Gasteiger partial charge on any atom is 0.404 e. The Hall–Kier alpha value is -1.10. The lowest BCUT2D eigenvalue weighted by Crippen LogP contribution is -2.44. The first-order chi connectivity index (χ1) is 7.54. The average molecular weight is 232 g/mol. The van der Waals surface area contributed by atoms with Crippen LogP contribution in [0, 0.1) is 0 Å². The van der Waals surface area contributed by atoms with Gasteiger partial charge in [0.05, 0.1) is 0 Å². The van der Waals surface area contributed by atoms with Gasteiger partial charge in [-0.05, 0) is 25.1 Å². The molecular formula is C11H15F3N2. The van der Waals surface area contributed by atoms with E-state index in [0.29, 0.717) is 18.7 Å². The molecule has 90 valence electrons. The smallest absolute Gasteiger partial charge is 0.306 e. The minimum absolute atomic E-state index is 0.121. The summed E-state index contributed by atoms with van der Waals surface area (Å²) < 4.78 is 37.9. The van der Waals surface area contributed by atoms with Crippen LogP contribution in [0.25, 0.3) is 0 Å². The van der Waals surface area contributed by atoms with Crippen LogP contribution in [0.1, 0.15) is 19.0 Å². The Labute approximate surface area is 92.9 Å². The Kier molecular flexibility index (Phi) is 4.73. The van der Waals surface area contributed by atoms with Crippen molar-refractivity contribution < 1.29 is 13.2 Å². The molecule has 0 spiro atoms. The predicted molar refractivity (Wildman–Crippen MR) is 56.1 cm³/mol. The fraction of sp³-hybridized carbons (Fsp3) is 0.545. The topological polar surface area (TPSA) is 24.9 Å². The number of hydrogen-bond acceptors (Lipinski definition) is 2. The van der Waals surface area contributed by atoms with E-state index >= 15 is 0 Å². The van der Waals surface area contributed by atoms with E-state index in [2.05, 4.69) is 10.3 Å². The zero-order valence-electron chi connectivity index (χ0n) is 9.09. The van der Waals surface area contributed by atoms with Crippen molar-refractivity contribution in [3.8, 4) is 0 Å². The largest absolute Gasteiger partial charge is 0.404 e. The van der Waals surface area contributed by atoms with Crippen molar-refractivity contribution in [1.82, 2.24) is 10.3 Å². The van der Waals surface area contributed by atoms with Gasteiger partial charge in [0.25, 0.3) is 0 Å². The fourth-order valence-corrected chi connectivity index (χ4v) is 1.35. The average Bonchev–Trinajstić information content (AvgIpc) is 2.24. The van der Waals surface area contributed by atoms with E-state index in [9.17, 15) is 13.2 Å². The minimum Gasteiger partial charge on any atom is -0.306 e. The van der Waals surface area contributed by atoms with Gasteiger partial charge in [-0.2, -0.15) is 13.2 Å². The summed E-state index contributed by atoms with van der Waals surface area (Å²) >= 11 is 0. The second-order valence-electron chi connectivity index (χ2n) is 3.57. The van der Waals surface area contributed by atoms with Crippen LogP contribution in [0.3, 0.4) is 0 Å². The maximum absolute atomic E-state index is 12.6. The van der Waals surface area contributed by atoms with E-state index in [0.717, 1.165) is 0 Å². The van der Waals surface area contributed by atoms with Gasteiger partial charge in [0.1, 0.15) is 6.04 Å². The number of nitrogens with one attached hydrogen (secondary N) is 1. The second kappa shape index (κ2) is 5.84.